The van der Waals surface area contributed by atoms with Crippen molar-refractivity contribution in [2.75, 3.05) is 38.2 Å². The summed E-state index contributed by atoms with van der Waals surface area (Å²) in [6, 6.07) is 6.30. The Morgan fingerprint density at radius 1 is 1.36 bits per heavy atom. The lowest BCUT2D eigenvalue weighted by molar-refractivity contribution is 0.0342. The van der Waals surface area contributed by atoms with Crippen LogP contribution in [-0.2, 0) is 16.0 Å². The second-order valence-corrected chi connectivity index (χ2v) is 7.37. The Balaban J connectivity index is 1.53. The average Bonchev–Trinajstić information content (AvgIpc) is 3.11. The number of thiazole rings is 1. The molecule has 1 aliphatic heterocycles. The van der Waals surface area contributed by atoms with Crippen LogP contribution in [0.5, 0.6) is 0 Å². The number of fused-ring (bicyclic) bond motifs is 1. The first-order valence-corrected chi connectivity index (χ1v) is 9.98. The number of rotatable bonds is 6. The molecule has 3 heterocycles. The fraction of sp³-hybridized carbons (Fsp3) is 0.368. The second kappa shape index (κ2) is 8.59. The Hall–Kier alpha value is -2.62. The Bertz CT molecular complexity index is 971. The Kier molecular flexibility index (Phi) is 5.75. The number of benzene rings is 1. The third kappa shape index (κ3) is 4.27. The number of esters is 1. The summed E-state index contributed by atoms with van der Waals surface area (Å²) in [6.45, 7) is 6.45. The van der Waals surface area contributed by atoms with E-state index in [2.05, 4.69) is 37.3 Å². The number of nitrogens with one attached hydrogen (secondary N) is 1. The van der Waals surface area contributed by atoms with Gasteiger partial charge in [0.25, 0.3) is 0 Å². The summed E-state index contributed by atoms with van der Waals surface area (Å²) >= 11 is 1.52. The van der Waals surface area contributed by atoms with Crippen LogP contribution in [0.25, 0.3) is 10.2 Å². The molecule has 0 unspecified atom stereocenters. The van der Waals surface area contributed by atoms with Gasteiger partial charge in [0.2, 0.25) is 0 Å². The molecule has 0 radical (unpaired) electrons. The van der Waals surface area contributed by atoms with Gasteiger partial charge in [-0.05, 0) is 24.6 Å². The van der Waals surface area contributed by atoms with Gasteiger partial charge in [0, 0.05) is 25.8 Å². The van der Waals surface area contributed by atoms with Crippen LogP contribution in [-0.4, -0.2) is 58.7 Å². The predicted molar refractivity (Wildman–Crippen MR) is 107 cm³/mol. The lowest BCUT2D eigenvalue weighted by Gasteiger charge is -2.26. The van der Waals surface area contributed by atoms with E-state index in [1.807, 2.05) is 6.07 Å². The first kappa shape index (κ1) is 18.7. The summed E-state index contributed by atoms with van der Waals surface area (Å²) in [6.07, 6.45) is 2.83. The molecule has 2 aromatic heterocycles. The van der Waals surface area contributed by atoms with Crippen LogP contribution in [0.1, 0.15) is 22.8 Å². The Morgan fingerprint density at radius 2 is 2.21 bits per heavy atom. The Labute approximate surface area is 166 Å². The van der Waals surface area contributed by atoms with Crippen molar-refractivity contribution in [1.82, 2.24) is 19.9 Å². The van der Waals surface area contributed by atoms with E-state index in [4.69, 9.17) is 9.47 Å². The molecule has 1 aromatic carbocycles. The van der Waals surface area contributed by atoms with Gasteiger partial charge in [0.05, 0.1) is 30.0 Å². The highest BCUT2D eigenvalue weighted by Gasteiger charge is 2.16. The lowest BCUT2D eigenvalue weighted by Crippen LogP contribution is -2.35. The molecule has 8 nitrogen and oxygen atoms in total. The van der Waals surface area contributed by atoms with Gasteiger partial charge in [0.1, 0.15) is 17.7 Å². The first-order chi connectivity index (χ1) is 13.7. The molecule has 0 atom stereocenters. The summed E-state index contributed by atoms with van der Waals surface area (Å²) in [4.78, 5) is 27.2. The minimum absolute atomic E-state index is 0.289. The van der Waals surface area contributed by atoms with Gasteiger partial charge in [-0.1, -0.05) is 17.4 Å². The van der Waals surface area contributed by atoms with Gasteiger partial charge in [0.15, 0.2) is 5.13 Å². The fourth-order valence-electron chi connectivity index (χ4n) is 3.03. The van der Waals surface area contributed by atoms with Crippen molar-refractivity contribution in [3.05, 3.63) is 41.9 Å². The number of hydrogen-bond donors (Lipinski definition) is 1. The minimum Gasteiger partial charge on any atom is -0.462 e. The number of carbonyl (C=O) groups excluding carboxylic acids is 1. The molecule has 0 spiro atoms. The molecule has 0 saturated carbocycles. The van der Waals surface area contributed by atoms with E-state index in [0.717, 1.165) is 43.1 Å². The monoisotopic (exact) mass is 399 g/mol. The SMILES string of the molecule is CCOC(=O)c1cncnc1Nc1nc2ccc(CN3CCOCC3)cc2s1. The summed E-state index contributed by atoms with van der Waals surface area (Å²) in [5.41, 5.74) is 2.44. The molecule has 0 amide bonds. The molecule has 1 fully saturated rings. The zero-order chi connectivity index (χ0) is 19.3. The highest BCUT2D eigenvalue weighted by Crippen LogP contribution is 2.30. The molecule has 4 rings (SSSR count). The molecule has 28 heavy (non-hydrogen) atoms. The molecule has 1 aliphatic rings. The second-order valence-electron chi connectivity index (χ2n) is 6.34. The molecule has 1 N–H and O–H groups in total. The van der Waals surface area contributed by atoms with Crippen LogP contribution in [0.2, 0.25) is 0 Å². The Morgan fingerprint density at radius 3 is 3.04 bits per heavy atom. The third-order valence-electron chi connectivity index (χ3n) is 4.40. The van der Waals surface area contributed by atoms with Crippen LogP contribution >= 0.6 is 11.3 Å². The first-order valence-electron chi connectivity index (χ1n) is 9.16. The zero-order valence-electron chi connectivity index (χ0n) is 15.6. The van der Waals surface area contributed by atoms with Gasteiger partial charge in [-0.2, -0.15) is 0 Å². The summed E-state index contributed by atoms with van der Waals surface area (Å²) in [5, 5.41) is 3.80. The molecule has 146 valence electrons. The van der Waals surface area contributed by atoms with Gasteiger partial charge in [-0.3, -0.25) is 4.90 Å². The maximum absolute atomic E-state index is 12.1. The smallest absolute Gasteiger partial charge is 0.343 e. The third-order valence-corrected chi connectivity index (χ3v) is 5.33. The van der Waals surface area contributed by atoms with Gasteiger partial charge >= 0.3 is 5.97 Å². The van der Waals surface area contributed by atoms with Crippen molar-refractivity contribution in [2.45, 2.75) is 13.5 Å². The van der Waals surface area contributed by atoms with E-state index in [1.165, 1.54) is 29.4 Å². The standard InChI is InChI=1S/C19H21N5O3S/c1-2-27-18(25)14-10-20-12-21-17(14)23-19-22-15-4-3-13(9-16(15)28-19)11-24-5-7-26-8-6-24/h3-4,9-10,12H,2,5-8,11H2,1H3,(H,20,21,22,23). The van der Waals surface area contributed by atoms with Crippen LogP contribution in [0, 0.1) is 0 Å². The zero-order valence-corrected chi connectivity index (χ0v) is 16.4. The van der Waals surface area contributed by atoms with E-state index in [1.54, 1.807) is 6.92 Å². The van der Waals surface area contributed by atoms with Crippen molar-refractivity contribution in [3.63, 3.8) is 0 Å². The molecule has 0 aliphatic carbocycles. The summed E-state index contributed by atoms with van der Waals surface area (Å²) in [5.74, 6) is -0.0689. The highest BCUT2D eigenvalue weighted by atomic mass is 32.1. The molecular formula is C19H21N5O3S. The number of carbonyl (C=O) groups is 1. The minimum atomic E-state index is -0.459. The van der Waals surface area contributed by atoms with Crippen molar-refractivity contribution in [2.24, 2.45) is 0 Å². The average molecular weight is 399 g/mol. The number of morpholine rings is 1. The number of aromatic nitrogens is 3. The van der Waals surface area contributed by atoms with Crippen LogP contribution in [0.3, 0.4) is 0 Å². The van der Waals surface area contributed by atoms with Crippen LogP contribution < -0.4 is 5.32 Å². The van der Waals surface area contributed by atoms with Crippen molar-refractivity contribution >= 4 is 38.5 Å². The quantitative estimate of drug-likeness (QED) is 0.633. The predicted octanol–water partition coefficient (Wildman–Crippen LogP) is 2.84. The topological polar surface area (TPSA) is 89.5 Å². The van der Waals surface area contributed by atoms with Gasteiger partial charge < -0.3 is 14.8 Å². The maximum Gasteiger partial charge on any atom is 0.343 e. The van der Waals surface area contributed by atoms with Crippen LogP contribution in [0.4, 0.5) is 10.9 Å². The van der Waals surface area contributed by atoms with E-state index in [0.29, 0.717) is 17.6 Å². The lowest BCUT2D eigenvalue weighted by atomic mass is 10.2. The van der Waals surface area contributed by atoms with Gasteiger partial charge in [-0.15, -0.1) is 0 Å². The van der Waals surface area contributed by atoms with Crippen molar-refractivity contribution in [3.8, 4) is 0 Å². The van der Waals surface area contributed by atoms with Crippen molar-refractivity contribution < 1.29 is 14.3 Å². The normalized spacial score (nSPS) is 14.9. The molecule has 9 heteroatoms. The summed E-state index contributed by atoms with van der Waals surface area (Å²) in [7, 11) is 0. The fourth-order valence-corrected chi connectivity index (χ4v) is 3.96. The molecule has 0 bridgehead atoms. The number of hydrogen-bond acceptors (Lipinski definition) is 9. The maximum atomic E-state index is 12.1. The number of anilines is 2. The van der Waals surface area contributed by atoms with E-state index < -0.39 is 5.97 Å². The molecular weight excluding hydrogens is 378 g/mol. The van der Waals surface area contributed by atoms with Gasteiger partial charge in [-0.25, -0.2) is 19.7 Å². The van der Waals surface area contributed by atoms with E-state index >= 15 is 0 Å². The van der Waals surface area contributed by atoms with Crippen LogP contribution in [0.15, 0.2) is 30.7 Å². The van der Waals surface area contributed by atoms with E-state index in [9.17, 15) is 4.79 Å². The number of nitrogens with zero attached hydrogens (tertiary/aromatic N) is 4. The number of ether oxygens (including phenoxy) is 2. The highest BCUT2D eigenvalue weighted by molar-refractivity contribution is 7.22. The molecule has 1 saturated heterocycles. The molecule has 3 aromatic rings. The van der Waals surface area contributed by atoms with Crippen molar-refractivity contribution in [1.29, 1.82) is 0 Å². The van der Waals surface area contributed by atoms with E-state index in [-0.39, 0.29) is 5.56 Å². The largest absolute Gasteiger partial charge is 0.462 e. The summed E-state index contributed by atoms with van der Waals surface area (Å²) < 4.78 is 11.6.